The van der Waals surface area contributed by atoms with E-state index in [9.17, 15) is 9.59 Å². The zero-order chi connectivity index (χ0) is 17.8. The minimum atomic E-state index is -0.974. The standard InChI is InChI=1S/C18H21N3O3/c1-4-5-11-18(20-21-18)12-10-15(22)19-17(2,3)14-8-6-13(7-9-14)16(23)24/h1,6-9H,5,10-12H2,2-3H3,(H,19,22)(H,23,24). The normalized spacial score (nSPS) is 14.7. The number of carboxylic acid groups (broad SMARTS) is 1. The molecule has 1 aliphatic rings. The maximum Gasteiger partial charge on any atom is 0.335 e. The minimum Gasteiger partial charge on any atom is -0.478 e. The Hall–Kier alpha value is -2.68. The van der Waals surface area contributed by atoms with Crippen LogP contribution in [0.4, 0.5) is 0 Å². The number of carbonyl (C=O) groups is 2. The third-order valence-corrected chi connectivity index (χ3v) is 4.11. The number of nitrogens with zero attached hydrogens (tertiary/aromatic N) is 2. The van der Waals surface area contributed by atoms with Crippen molar-refractivity contribution < 1.29 is 14.7 Å². The number of amides is 1. The molecule has 6 heteroatoms. The van der Waals surface area contributed by atoms with Gasteiger partial charge in [0.2, 0.25) is 5.91 Å². The second kappa shape index (κ2) is 6.83. The van der Waals surface area contributed by atoms with E-state index in [1.807, 2.05) is 13.8 Å². The van der Waals surface area contributed by atoms with Crippen LogP contribution in [-0.2, 0) is 10.3 Å². The maximum absolute atomic E-state index is 12.2. The average Bonchev–Trinajstić information content (AvgIpc) is 3.31. The van der Waals surface area contributed by atoms with Gasteiger partial charge in [-0.25, -0.2) is 4.79 Å². The first-order chi connectivity index (χ1) is 11.3. The molecule has 0 atom stereocenters. The molecule has 0 saturated heterocycles. The molecule has 24 heavy (non-hydrogen) atoms. The average molecular weight is 327 g/mol. The summed E-state index contributed by atoms with van der Waals surface area (Å²) in [6.07, 6.45) is 7.38. The minimum absolute atomic E-state index is 0.0975. The van der Waals surface area contributed by atoms with E-state index in [2.05, 4.69) is 21.5 Å². The molecule has 126 valence electrons. The molecule has 0 saturated carbocycles. The largest absolute Gasteiger partial charge is 0.478 e. The number of benzene rings is 1. The Morgan fingerprint density at radius 1 is 1.25 bits per heavy atom. The molecule has 1 amide bonds. The van der Waals surface area contributed by atoms with Crippen LogP contribution < -0.4 is 5.32 Å². The molecule has 1 aromatic carbocycles. The maximum atomic E-state index is 12.2. The molecule has 1 aliphatic heterocycles. The molecule has 0 aliphatic carbocycles. The van der Waals surface area contributed by atoms with Crippen molar-refractivity contribution in [3.63, 3.8) is 0 Å². The van der Waals surface area contributed by atoms with E-state index < -0.39 is 17.2 Å². The molecule has 2 N–H and O–H groups in total. The predicted molar refractivity (Wildman–Crippen MR) is 89.5 cm³/mol. The lowest BCUT2D eigenvalue weighted by Gasteiger charge is -2.27. The fraction of sp³-hybridized carbons (Fsp3) is 0.444. The van der Waals surface area contributed by atoms with Crippen LogP contribution in [0.2, 0.25) is 0 Å². The van der Waals surface area contributed by atoms with Gasteiger partial charge in [0.05, 0.1) is 11.1 Å². The Labute approximate surface area is 141 Å². The summed E-state index contributed by atoms with van der Waals surface area (Å²) < 4.78 is 0. The van der Waals surface area contributed by atoms with Crippen molar-refractivity contribution in [1.29, 1.82) is 0 Å². The van der Waals surface area contributed by atoms with Gasteiger partial charge < -0.3 is 10.4 Å². The van der Waals surface area contributed by atoms with Crippen LogP contribution in [0, 0.1) is 12.3 Å². The summed E-state index contributed by atoms with van der Waals surface area (Å²) in [5.41, 5.74) is -0.00784. The van der Waals surface area contributed by atoms with Gasteiger partial charge >= 0.3 is 5.97 Å². The van der Waals surface area contributed by atoms with Crippen LogP contribution in [0.1, 0.15) is 55.5 Å². The summed E-state index contributed by atoms with van der Waals surface area (Å²) in [4.78, 5) is 23.1. The van der Waals surface area contributed by atoms with Gasteiger partial charge in [0.15, 0.2) is 5.66 Å². The van der Waals surface area contributed by atoms with Crippen molar-refractivity contribution in [2.24, 2.45) is 10.2 Å². The first-order valence-corrected chi connectivity index (χ1v) is 7.80. The Balaban J connectivity index is 1.90. The van der Waals surface area contributed by atoms with Crippen molar-refractivity contribution in [3.05, 3.63) is 35.4 Å². The van der Waals surface area contributed by atoms with Gasteiger partial charge in [0.1, 0.15) is 0 Å². The molecule has 1 aromatic rings. The molecule has 0 unspecified atom stereocenters. The molecule has 2 rings (SSSR count). The van der Waals surface area contributed by atoms with Gasteiger partial charge in [-0.05, 0) is 31.5 Å². The molecule has 0 bridgehead atoms. The summed E-state index contributed by atoms with van der Waals surface area (Å²) in [5.74, 6) is 1.49. The van der Waals surface area contributed by atoms with Gasteiger partial charge in [0.25, 0.3) is 0 Å². The topological polar surface area (TPSA) is 91.1 Å². The number of hydrogen-bond acceptors (Lipinski definition) is 4. The number of carboxylic acids is 1. The number of nitrogens with one attached hydrogen (secondary N) is 1. The lowest BCUT2D eigenvalue weighted by molar-refractivity contribution is -0.123. The predicted octanol–water partition coefficient (Wildman–Crippen LogP) is 3.09. The zero-order valence-electron chi connectivity index (χ0n) is 13.9. The molecular weight excluding hydrogens is 306 g/mol. The Bertz CT molecular complexity index is 693. The van der Waals surface area contributed by atoms with Crippen LogP contribution >= 0.6 is 0 Å². The van der Waals surface area contributed by atoms with Crippen molar-refractivity contribution in [1.82, 2.24) is 5.32 Å². The second-order valence-corrected chi connectivity index (χ2v) is 6.44. The summed E-state index contributed by atoms with van der Waals surface area (Å²) in [6.45, 7) is 3.75. The van der Waals surface area contributed by atoms with E-state index in [4.69, 9.17) is 11.5 Å². The number of aromatic carboxylic acids is 1. The Morgan fingerprint density at radius 3 is 2.38 bits per heavy atom. The third kappa shape index (κ3) is 4.42. The van der Waals surface area contributed by atoms with E-state index in [1.165, 1.54) is 12.1 Å². The molecule has 0 fully saturated rings. The summed E-state index contributed by atoms with van der Waals surface area (Å²) in [5, 5.41) is 19.9. The number of terminal acetylenes is 1. The van der Waals surface area contributed by atoms with Crippen LogP contribution in [0.3, 0.4) is 0 Å². The van der Waals surface area contributed by atoms with Crippen LogP contribution in [0.15, 0.2) is 34.5 Å². The van der Waals surface area contributed by atoms with E-state index in [1.54, 1.807) is 12.1 Å². The van der Waals surface area contributed by atoms with E-state index >= 15 is 0 Å². The fourth-order valence-electron chi connectivity index (χ4n) is 2.49. The highest BCUT2D eigenvalue weighted by molar-refractivity contribution is 5.87. The van der Waals surface area contributed by atoms with Gasteiger partial charge in [-0.15, -0.1) is 12.3 Å². The fourth-order valence-corrected chi connectivity index (χ4v) is 2.49. The lowest BCUT2D eigenvalue weighted by atomic mass is 9.92. The molecular formula is C18H21N3O3. The van der Waals surface area contributed by atoms with Crippen molar-refractivity contribution >= 4 is 11.9 Å². The van der Waals surface area contributed by atoms with Gasteiger partial charge in [0, 0.05) is 25.7 Å². The highest BCUT2D eigenvalue weighted by Gasteiger charge is 2.39. The van der Waals surface area contributed by atoms with E-state index in [0.29, 0.717) is 25.7 Å². The highest BCUT2D eigenvalue weighted by Crippen LogP contribution is 2.37. The number of carbonyl (C=O) groups excluding carboxylic acids is 1. The third-order valence-electron chi connectivity index (χ3n) is 4.11. The summed E-state index contributed by atoms with van der Waals surface area (Å²) in [7, 11) is 0. The van der Waals surface area contributed by atoms with Crippen molar-refractivity contribution in [2.45, 2.75) is 50.7 Å². The van der Waals surface area contributed by atoms with Crippen LogP contribution in [0.5, 0.6) is 0 Å². The van der Waals surface area contributed by atoms with E-state index in [-0.39, 0.29) is 11.5 Å². The lowest BCUT2D eigenvalue weighted by Crippen LogP contribution is -2.41. The molecule has 0 spiro atoms. The van der Waals surface area contributed by atoms with E-state index in [0.717, 1.165) is 5.56 Å². The second-order valence-electron chi connectivity index (χ2n) is 6.44. The number of rotatable bonds is 8. The highest BCUT2D eigenvalue weighted by atomic mass is 16.4. The van der Waals surface area contributed by atoms with Gasteiger partial charge in [-0.3, -0.25) is 4.79 Å². The van der Waals surface area contributed by atoms with Crippen molar-refractivity contribution in [2.75, 3.05) is 0 Å². The smallest absolute Gasteiger partial charge is 0.335 e. The van der Waals surface area contributed by atoms with Gasteiger partial charge in [-0.2, -0.15) is 10.2 Å². The Morgan fingerprint density at radius 2 is 1.88 bits per heavy atom. The van der Waals surface area contributed by atoms with Crippen molar-refractivity contribution in [3.8, 4) is 12.3 Å². The molecule has 0 radical (unpaired) electrons. The molecule has 6 nitrogen and oxygen atoms in total. The van der Waals surface area contributed by atoms with Crippen LogP contribution in [0.25, 0.3) is 0 Å². The first-order valence-electron chi connectivity index (χ1n) is 7.80. The van der Waals surface area contributed by atoms with Gasteiger partial charge in [-0.1, -0.05) is 12.1 Å². The number of hydrogen-bond donors (Lipinski definition) is 2. The molecule has 0 aromatic heterocycles. The molecule has 1 heterocycles. The summed E-state index contributed by atoms with van der Waals surface area (Å²) in [6, 6.07) is 6.48. The van der Waals surface area contributed by atoms with Crippen LogP contribution in [-0.4, -0.2) is 22.6 Å². The summed E-state index contributed by atoms with van der Waals surface area (Å²) >= 11 is 0. The Kier molecular flexibility index (Phi) is 5.03. The quantitative estimate of drug-likeness (QED) is 0.719. The zero-order valence-corrected chi connectivity index (χ0v) is 13.9. The SMILES string of the molecule is C#CCCC1(CCC(=O)NC(C)(C)c2ccc(C(=O)O)cc2)N=N1. The first kappa shape index (κ1) is 17.7. The monoisotopic (exact) mass is 327 g/mol.